The van der Waals surface area contributed by atoms with Crippen LogP contribution in [0, 0.1) is 0 Å². The number of benzene rings is 1. The summed E-state index contributed by atoms with van der Waals surface area (Å²) in [4.78, 5) is 20.9. The normalized spacial score (nSPS) is 15.4. The monoisotopic (exact) mass is 365 g/mol. The van der Waals surface area contributed by atoms with E-state index in [0.29, 0.717) is 12.5 Å². The number of likely N-dealkylation sites (tertiary alicyclic amines) is 1. The van der Waals surface area contributed by atoms with Crippen molar-refractivity contribution >= 4 is 0 Å². The first kappa shape index (κ1) is 19.1. The summed E-state index contributed by atoms with van der Waals surface area (Å²) in [6, 6.07) is 8.02. The number of aromatic nitrogens is 2. The molecule has 0 spiro atoms. The van der Waals surface area contributed by atoms with Gasteiger partial charge in [0.25, 0.3) is 5.56 Å². The highest BCUT2D eigenvalue weighted by atomic mass is 16.5. The number of piperidine rings is 1. The third kappa shape index (κ3) is 5.17. The van der Waals surface area contributed by atoms with Crippen LogP contribution in [0.5, 0.6) is 5.75 Å². The number of nitrogens with one attached hydrogen (secondary N) is 1. The van der Waals surface area contributed by atoms with E-state index in [1.807, 2.05) is 12.1 Å². The van der Waals surface area contributed by atoms with Crippen LogP contribution >= 0.6 is 0 Å². The second-order valence-corrected chi connectivity index (χ2v) is 6.92. The molecule has 0 atom stereocenters. The molecule has 142 valence electrons. The molecule has 0 aliphatic carbocycles. The van der Waals surface area contributed by atoms with Crippen molar-refractivity contribution in [3.8, 4) is 5.75 Å². The maximum absolute atomic E-state index is 11.5. The lowest BCUT2D eigenvalue weighted by Crippen LogP contribution is -2.33. The van der Waals surface area contributed by atoms with E-state index in [-0.39, 0.29) is 5.56 Å². The molecule has 0 saturated carbocycles. The van der Waals surface area contributed by atoms with Crippen LogP contribution in [-0.2, 0) is 13.0 Å². The Morgan fingerprint density at radius 1 is 1.22 bits per heavy atom. The summed E-state index contributed by atoms with van der Waals surface area (Å²) in [5, 5.41) is 0. The maximum Gasteiger partial charge on any atom is 0.250 e. The number of nitrogens with zero attached hydrogens (tertiary/aromatic N) is 2. The second kappa shape index (κ2) is 9.33. The predicted octanol–water partition coefficient (Wildman–Crippen LogP) is 3.44. The fourth-order valence-electron chi connectivity index (χ4n) is 3.59. The van der Waals surface area contributed by atoms with Crippen LogP contribution in [0.25, 0.3) is 0 Å². The molecular formula is C22H27N3O2. The Morgan fingerprint density at radius 3 is 2.74 bits per heavy atom. The number of allylic oxidation sites excluding steroid dienone is 1. The highest BCUT2D eigenvalue weighted by Crippen LogP contribution is 2.27. The zero-order valence-corrected chi connectivity index (χ0v) is 15.7. The zero-order valence-electron chi connectivity index (χ0n) is 15.7. The Balaban J connectivity index is 1.61. The molecule has 3 rings (SSSR count). The largest absolute Gasteiger partial charge is 0.489 e. The molecule has 2 aromatic rings. The number of rotatable bonds is 8. The summed E-state index contributed by atoms with van der Waals surface area (Å²) >= 11 is 0. The van der Waals surface area contributed by atoms with Gasteiger partial charge in [0.15, 0.2) is 0 Å². The molecule has 1 aromatic heterocycles. The predicted molar refractivity (Wildman–Crippen MR) is 108 cm³/mol. The van der Waals surface area contributed by atoms with Gasteiger partial charge < -0.3 is 9.72 Å². The summed E-state index contributed by atoms with van der Waals surface area (Å²) in [6.07, 6.45) is 8.00. The molecule has 5 heteroatoms. The molecule has 1 aromatic carbocycles. The molecule has 1 N–H and O–H groups in total. The fourth-order valence-corrected chi connectivity index (χ4v) is 3.59. The van der Waals surface area contributed by atoms with E-state index in [9.17, 15) is 4.79 Å². The van der Waals surface area contributed by atoms with Crippen molar-refractivity contribution in [2.45, 2.75) is 31.7 Å². The van der Waals surface area contributed by atoms with Crippen molar-refractivity contribution in [2.75, 3.05) is 19.7 Å². The smallest absolute Gasteiger partial charge is 0.250 e. The van der Waals surface area contributed by atoms with Gasteiger partial charge in [0.05, 0.1) is 12.0 Å². The average molecular weight is 365 g/mol. The summed E-state index contributed by atoms with van der Waals surface area (Å²) in [6.45, 7) is 11.0. The van der Waals surface area contributed by atoms with Crippen LogP contribution in [0.3, 0.4) is 0 Å². The van der Waals surface area contributed by atoms with Crippen molar-refractivity contribution in [3.63, 3.8) is 0 Å². The van der Waals surface area contributed by atoms with E-state index in [2.05, 4.69) is 40.2 Å². The first-order chi connectivity index (χ1) is 13.2. The van der Waals surface area contributed by atoms with E-state index in [1.165, 1.54) is 11.9 Å². The SMILES string of the molecule is C=CCOc1ccc(CN2CCC(c3cc(=O)[nH]cn3)CC2)cc1CC=C. The van der Waals surface area contributed by atoms with E-state index < -0.39 is 0 Å². The summed E-state index contributed by atoms with van der Waals surface area (Å²) < 4.78 is 5.74. The van der Waals surface area contributed by atoms with Gasteiger partial charge in [-0.05, 0) is 49.5 Å². The van der Waals surface area contributed by atoms with Crippen LogP contribution in [0.2, 0.25) is 0 Å². The van der Waals surface area contributed by atoms with Crippen molar-refractivity contribution in [1.29, 1.82) is 0 Å². The molecule has 1 fully saturated rings. The van der Waals surface area contributed by atoms with Crippen LogP contribution in [0.1, 0.15) is 35.6 Å². The molecule has 0 radical (unpaired) electrons. The van der Waals surface area contributed by atoms with Gasteiger partial charge in [-0.2, -0.15) is 0 Å². The Bertz CT molecular complexity index is 835. The molecule has 2 heterocycles. The number of H-pyrrole nitrogens is 1. The Morgan fingerprint density at radius 2 is 2.04 bits per heavy atom. The minimum atomic E-state index is -0.0732. The molecule has 1 aliphatic heterocycles. The highest BCUT2D eigenvalue weighted by molar-refractivity contribution is 5.38. The molecule has 0 amide bonds. The number of hydrogen-bond donors (Lipinski definition) is 1. The molecule has 1 saturated heterocycles. The van der Waals surface area contributed by atoms with Crippen molar-refractivity contribution in [2.24, 2.45) is 0 Å². The highest BCUT2D eigenvalue weighted by Gasteiger charge is 2.22. The molecule has 0 unspecified atom stereocenters. The fraction of sp³-hybridized carbons (Fsp3) is 0.364. The van der Waals surface area contributed by atoms with Gasteiger partial charge in [-0.15, -0.1) is 6.58 Å². The lowest BCUT2D eigenvalue weighted by atomic mass is 9.93. The maximum atomic E-state index is 11.5. The second-order valence-electron chi connectivity index (χ2n) is 6.92. The van der Waals surface area contributed by atoms with Crippen LogP contribution in [-0.4, -0.2) is 34.6 Å². The number of hydrogen-bond acceptors (Lipinski definition) is 4. The number of ether oxygens (including phenoxy) is 1. The Labute approximate surface area is 160 Å². The van der Waals surface area contributed by atoms with Crippen LogP contribution < -0.4 is 10.3 Å². The lowest BCUT2D eigenvalue weighted by Gasteiger charge is -2.31. The minimum absolute atomic E-state index is 0.0732. The van der Waals surface area contributed by atoms with Gasteiger partial charge in [0, 0.05) is 18.5 Å². The van der Waals surface area contributed by atoms with Crippen molar-refractivity contribution in [1.82, 2.24) is 14.9 Å². The van der Waals surface area contributed by atoms with Gasteiger partial charge in [0.2, 0.25) is 0 Å². The summed E-state index contributed by atoms with van der Waals surface area (Å²) in [5.74, 6) is 1.27. The molecular weight excluding hydrogens is 338 g/mol. The first-order valence-electron chi connectivity index (χ1n) is 9.43. The van der Waals surface area contributed by atoms with Gasteiger partial charge in [-0.3, -0.25) is 9.69 Å². The zero-order chi connectivity index (χ0) is 19.1. The third-order valence-corrected chi connectivity index (χ3v) is 4.96. The third-order valence-electron chi connectivity index (χ3n) is 4.96. The number of aromatic amines is 1. The topological polar surface area (TPSA) is 58.2 Å². The van der Waals surface area contributed by atoms with Gasteiger partial charge in [-0.25, -0.2) is 4.98 Å². The molecule has 5 nitrogen and oxygen atoms in total. The van der Waals surface area contributed by atoms with Gasteiger partial charge in [0.1, 0.15) is 12.4 Å². The minimum Gasteiger partial charge on any atom is -0.489 e. The Hall–Kier alpha value is -2.66. The molecule has 27 heavy (non-hydrogen) atoms. The van der Waals surface area contributed by atoms with Crippen molar-refractivity contribution < 1.29 is 4.74 Å². The Kier molecular flexibility index (Phi) is 6.60. The van der Waals surface area contributed by atoms with Crippen LogP contribution in [0.4, 0.5) is 0 Å². The van der Waals surface area contributed by atoms with Gasteiger partial charge >= 0.3 is 0 Å². The molecule has 1 aliphatic rings. The first-order valence-corrected chi connectivity index (χ1v) is 9.43. The quantitative estimate of drug-likeness (QED) is 0.728. The standard InChI is InChI=1S/C22H27N3O2/c1-3-5-19-13-17(6-7-21(19)27-12-4-2)15-25-10-8-18(9-11-25)20-14-22(26)24-16-23-20/h3-4,6-7,13-14,16,18H,1-2,5,8-12,15H2,(H,23,24,26). The van der Waals surface area contributed by atoms with E-state index in [1.54, 1.807) is 12.1 Å². The van der Waals surface area contributed by atoms with E-state index in [4.69, 9.17) is 4.74 Å². The van der Waals surface area contributed by atoms with Gasteiger partial charge in [-0.1, -0.05) is 30.9 Å². The van der Waals surface area contributed by atoms with E-state index in [0.717, 1.165) is 55.9 Å². The summed E-state index contributed by atoms with van der Waals surface area (Å²) in [7, 11) is 0. The molecule has 0 bridgehead atoms. The summed E-state index contributed by atoms with van der Waals surface area (Å²) in [5.41, 5.74) is 3.28. The lowest BCUT2D eigenvalue weighted by molar-refractivity contribution is 0.203. The van der Waals surface area contributed by atoms with Crippen molar-refractivity contribution in [3.05, 3.63) is 83.1 Å². The average Bonchev–Trinajstić information content (AvgIpc) is 2.68. The van der Waals surface area contributed by atoms with Crippen LogP contribution in [0.15, 0.2) is 60.7 Å². The van der Waals surface area contributed by atoms with E-state index >= 15 is 0 Å².